The van der Waals surface area contributed by atoms with Crippen LogP contribution in [0.3, 0.4) is 0 Å². The molecule has 2 aromatic carbocycles. The molecule has 0 N–H and O–H groups in total. The van der Waals surface area contributed by atoms with Crippen LogP contribution in [0.15, 0.2) is 76.9 Å². The van der Waals surface area contributed by atoms with Crippen LogP contribution >= 0.6 is 11.8 Å². The Morgan fingerprint density at radius 3 is 2.61 bits per heavy atom. The number of nitrogens with zero attached hydrogens (tertiary/aromatic N) is 2. The van der Waals surface area contributed by atoms with Crippen LogP contribution < -0.4 is 4.74 Å². The molecule has 6 nitrogen and oxygen atoms in total. The van der Waals surface area contributed by atoms with E-state index < -0.39 is 12.0 Å². The highest BCUT2D eigenvalue weighted by Gasteiger charge is 2.45. The van der Waals surface area contributed by atoms with Gasteiger partial charge < -0.3 is 9.47 Å². The maximum absolute atomic E-state index is 13.2. The zero-order valence-corrected chi connectivity index (χ0v) is 19.7. The summed E-state index contributed by atoms with van der Waals surface area (Å²) >= 11 is 1.45. The first-order chi connectivity index (χ1) is 16.0. The molecule has 2 heterocycles. The van der Waals surface area contributed by atoms with E-state index in [0.29, 0.717) is 28.6 Å². The van der Waals surface area contributed by atoms with Crippen LogP contribution in [0.4, 0.5) is 0 Å². The summed E-state index contributed by atoms with van der Waals surface area (Å²) in [6.07, 6.45) is 4.42. The largest absolute Gasteiger partial charge is 0.496 e. The maximum Gasteiger partial charge on any atom is 0.338 e. The molecule has 170 valence electrons. The molecule has 0 saturated carbocycles. The fraction of sp³-hybridized carbons (Fsp3) is 0.269. The molecule has 2 aromatic rings. The number of fused-ring (bicyclic) bond motifs is 1. The van der Waals surface area contributed by atoms with Gasteiger partial charge in [-0.15, -0.1) is 0 Å². The molecule has 2 atom stereocenters. The molecule has 2 aliphatic rings. The Labute approximate surface area is 198 Å². The lowest BCUT2D eigenvalue weighted by atomic mass is 10.00. The molecule has 0 bridgehead atoms. The first kappa shape index (κ1) is 22.9. The third-order valence-electron chi connectivity index (χ3n) is 5.59. The predicted octanol–water partition coefficient (Wildman–Crippen LogP) is 4.82. The summed E-state index contributed by atoms with van der Waals surface area (Å²) in [5, 5.41) is 0.414. The summed E-state index contributed by atoms with van der Waals surface area (Å²) in [6.45, 7) is 3.91. The lowest BCUT2D eigenvalue weighted by molar-refractivity contribution is -0.141. The second kappa shape index (κ2) is 10.1. The molecular formula is C26H26N2O4S. The molecule has 1 saturated heterocycles. The Balaban J connectivity index is 1.68. The van der Waals surface area contributed by atoms with E-state index in [1.54, 1.807) is 18.9 Å². The predicted molar refractivity (Wildman–Crippen MR) is 131 cm³/mol. The first-order valence-electron chi connectivity index (χ1n) is 10.8. The fourth-order valence-electron chi connectivity index (χ4n) is 3.88. The van der Waals surface area contributed by atoms with Gasteiger partial charge in [0.25, 0.3) is 0 Å². The van der Waals surface area contributed by atoms with E-state index in [1.807, 2.05) is 73.7 Å². The molecule has 4 rings (SSSR count). The minimum atomic E-state index is -0.609. The van der Waals surface area contributed by atoms with E-state index in [1.165, 1.54) is 11.8 Å². The average molecular weight is 463 g/mol. The van der Waals surface area contributed by atoms with Crippen LogP contribution in [-0.2, 0) is 20.9 Å². The number of esters is 1. The van der Waals surface area contributed by atoms with Gasteiger partial charge in [0, 0.05) is 5.56 Å². The number of benzene rings is 2. The van der Waals surface area contributed by atoms with Gasteiger partial charge in [-0.1, -0.05) is 79.4 Å². The van der Waals surface area contributed by atoms with Crippen LogP contribution in [0.2, 0.25) is 0 Å². The summed E-state index contributed by atoms with van der Waals surface area (Å²) in [5.74, 6) is 0.185. The average Bonchev–Trinajstić information content (AvgIpc) is 3.16. The summed E-state index contributed by atoms with van der Waals surface area (Å²) in [4.78, 5) is 32.6. The highest BCUT2D eigenvalue weighted by atomic mass is 32.2. The van der Waals surface area contributed by atoms with Crippen molar-refractivity contribution >= 4 is 34.9 Å². The number of ether oxygens (including phenoxy) is 2. The Hall–Kier alpha value is -3.32. The quantitative estimate of drug-likeness (QED) is 0.552. The Kier molecular flexibility index (Phi) is 6.99. The molecule has 2 unspecified atom stereocenters. The van der Waals surface area contributed by atoms with Crippen molar-refractivity contribution in [3.63, 3.8) is 0 Å². The van der Waals surface area contributed by atoms with Crippen LogP contribution in [0.5, 0.6) is 5.75 Å². The van der Waals surface area contributed by atoms with Gasteiger partial charge in [0.15, 0.2) is 5.17 Å². The van der Waals surface area contributed by atoms with Crippen LogP contribution in [0, 0.1) is 0 Å². The van der Waals surface area contributed by atoms with Gasteiger partial charge in [0.1, 0.15) is 12.4 Å². The zero-order valence-electron chi connectivity index (χ0n) is 18.9. The van der Waals surface area contributed by atoms with Gasteiger partial charge in [-0.3, -0.25) is 9.69 Å². The summed E-state index contributed by atoms with van der Waals surface area (Å²) < 4.78 is 11.1. The van der Waals surface area contributed by atoms with Crippen molar-refractivity contribution in [1.29, 1.82) is 0 Å². The van der Waals surface area contributed by atoms with E-state index in [2.05, 4.69) is 4.99 Å². The number of thioether (sulfide) groups is 1. The number of methoxy groups -OCH3 is 1. The van der Waals surface area contributed by atoms with E-state index in [4.69, 9.17) is 9.47 Å². The van der Waals surface area contributed by atoms with Crippen molar-refractivity contribution < 1.29 is 19.1 Å². The Bertz CT molecular complexity index is 1140. The number of hydrogen-bond acceptors (Lipinski definition) is 6. The van der Waals surface area contributed by atoms with Gasteiger partial charge in [-0.2, -0.15) is 0 Å². The second-order valence-electron chi connectivity index (χ2n) is 7.72. The molecule has 0 aromatic heterocycles. The number of para-hydroxylation sites is 1. The smallest absolute Gasteiger partial charge is 0.338 e. The van der Waals surface area contributed by atoms with E-state index in [9.17, 15) is 9.59 Å². The van der Waals surface area contributed by atoms with Crippen molar-refractivity contribution in [2.45, 2.75) is 38.2 Å². The first-order valence-corrected chi connectivity index (χ1v) is 11.7. The Morgan fingerprint density at radius 2 is 1.88 bits per heavy atom. The summed E-state index contributed by atoms with van der Waals surface area (Å²) in [6, 6.07) is 16.5. The SMILES string of the molecule is CCC1SC2=NC(C)=C(C(=O)OCc3ccccc3)C(C=Cc3ccccc3OC)N2C1=O. The monoisotopic (exact) mass is 462 g/mol. The highest BCUT2D eigenvalue weighted by Crippen LogP contribution is 2.38. The molecule has 0 spiro atoms. The third-order valence-corrected chi connectivity index (χ3v) is 6.91. The number of rotatable bonds is 7. The number of carbonyl (C=O) groups excluding carboxylic acids is 2. The highest BCUT2D eigenvalue weighted by molar-refractivity contribution is 8.15. The minimum absolute atomic E-state index is 0.0446. The number of amides is 1. The van der Waals surface area contributed by atoms with Crippen LogP contribution in [0.1, 0.15) is 31.4 Å². The molecular weight excluding hydrogens is 436 g/mol. The van der Waals surface area contributed by atoms with E-state index in [-0.39, 0.29) is 17.8 Å². The van der Waals surface area contributed by atoms with Crippen molar-refractivity contribution in [1.82, 2.24) is 4.90 Å². The minimum Gasteiger partial charge on any atom is -0.496 e. The Morgan fingerprint density at radius 1 is 1.15 bits per heavy atom. The van der Waals surface area contributed by atoms with Gasteiger partial charge in [0.05, 0.1) is 29.7 Å². The summed E-state index contributed by atoms with van der Waals surface area (Å²) in [7, 11) is 1.61. The van der Waals surface area contributed by atoms with Crippen molar-refractivity contribution in [2.24, 2.45) is 4.99 Å². The molecule has 0 aliphatic carbocycles. The van der Waals surface area contributed by atoms with Gasteiger partial charge in [0.2, 0.25) is 5.91 Å². The van der Waals surface area contributed by atoms with Crippen LogP contribution in [0.25, 0.3) is 6.08 Å². The number of amidine groups is 1. The van der Waals surface area contributed by atoms with E-state index >= 15 is 0 Å². The number of aliphatic imine (C=N–C) groups is 1. The molecule has 2 aliphatic heterocycles. The summed E-state index contributed by atoms with van der Waals surface area (Å²) in [5.41, 5.74) is 2.67. The molecule has 0 radical (unpaired) electrons. The standard InChI is InChI=1S/C26H26N2O4S/c1-4-22-24(29)28-20(15-14-19-12-8-9-13-21(19)31-3)23(17(2)27-26(28)33-22)25(30)32-16-18-10-6-5-7-11-18/h5-15,20,22H,4,16H2,1-3H3. The van der Waals surface area contributed by atoms with Gasteiger partial charge >= 0.3 is 5.97 Å². The van der Waals surface area contributed by atoms with Crippen LogP contribution in [-0.4, -0.2) is 40.3 Å². The number of hydrogen-bond donors (Lipinski definition) is 0. The fourth-order valence-corrected chi connectivity index (χ4v) is 5.02. The third kappa shape index (κ3) is 4.73. The lowest BCUT2D eigenvalue weighted by Gasteiger charge is -2.30. The lowest BCUT2D eigenvalue weighted by Crippen LogP contribution is -2.45. The van der Waals surface area contributed by atoms with Crippen molar-refractivity contribution in [2.75, 3.05) is 7.11 Å². The molecule has 1 amide bonds. The second-order valence-corrected chi connectivity index (χ2v) is 8.89. The zero-order chi connectivity index (χ0) is 23.4. The molecule has 7 heteroatoms. The molecule has 1 fully saturated rings. The normalized spacial score (nSPS) is 20.2. The number of allylic oxidation sites excluding steroid dienone is 1. The maximum atomic E-state index is 13.2. The topological polar surface area (TPSA) is 68.2 Å². The van der Waals surface area contributed by atoms with Crippen molar-refractivity contribution in [3.05, 3.63) is 83.1 Å². The van der Waals surface area contributed by atoms with E-state index in [0.717, 1.165) is 11.1 Å². The molecule has 33 heavy (non-hydrogen) atoms. The van der Waals surface area contributed by atoms with Gasteiger partial charge in [-0.05, 0) is 25.0 Å². The van der Waals surface area contributed by atoms with Crippen molar-refractivity contribution in [3.8, 4) is 5.75 Å². The van der Waals surface area contributed by atoms with Gasteiger partial charge in [-0.25, -0.2) is 9.79 Å². The number of carbonyl (C=O) groups is 2.